The number of carbonyl (C=O) groups is 2. The predicted octanol–water partition coefficient (Wildman–Crippen LogP) is -1.11. The SMILES string of the molecule is O=C(CO)C(=O)CCCO. The first-order chi connectivity index (χ1) is 4.72. The van der Waals surface area contributed by atoms with Gasteiger partial charge in [-0.15, -0.1) is 0 Å². The average Bonchev–Trinajstić information content (AvgIpc) is 1.98. The maximum atomic E-state index is 10.5. The number of aliphatic hydroxyl groups excluding tert-OH is 2. The third kappa shape index (κ3) is 3.32. The maximum Gasteiger partial charge on any atom is 0.223 e. The summed E-state index contributed by atoms with van der Waals surface area (Å²) in [7, 11) is 0. The Kier molecular flexibility index (Phi) is 4.70. The Hall–Kier alpha value is -0.740. The molecule has 0 saturated carbocycles. The van der Waals surface area contributed by atoms with Gasteiger partial charge in [0.25, 0.3) is 0 Å². The van der Waals surface area contributed by atoms with Gasteiger partial charge in [0, 0.05) is 13.0 Å². The van der Waals surface area contributed by atoms with Crippen LogP contribution in [0.25, 0.3) is 0 Å². The zero-order chi connectivity index (χ0) is 7.98. The van der Waals surface area contributed by atoms with Gasteiger partial charge in [-0.2, -0.15) is 0 Å². The topological polar surface area (TPSA) is 74.6 Å². The Morgan fingerprint density at radius 1 is 1.10 bits per heavy atom. The van der Waals surface area contributed by atoms with Crippen molar-refractivity contribution >= 4 is 11.6 Å². The lowest BCUT2D eigenvalue weighted by Gasteiger charge is -1.93. The molecule has 0 aromatic heterocycles. The van der Waals surface area contributed by atoms with Gasteiger partial charge in [-0.1, -0.05) is 0 Å². The smallest absolute Gasteiger partial charge is 0.223 e. The van der Waals surface area contributed by atoms with Gasteiger partial charge in [0.05, 0.1) is 0 Å². The fourth-order valence-electron chi connectivity index (χ4n) is 0.467. The molecule has 0 radical (unpaired) electrons. The van der Waals surface area contributed by atoms with Crippen molar-refractivity contribution in [2.24, 2.45) is 0 Å². The van der Waals surface area contributed by atoms with Crippen LogP contribution in [0.15, 0.2) is 0 Å². The minimum Gasteiger partial charge on any atom is -0.396 e. The van der Waals surface area contributed by atoms with Crippen LogP contribution in [0.2, 0.25) is 0 Å². The minimum atomic E-state index is -0.784. The Morgan fingerprint density at radius 2 is 1.70 bits per heavy atom. The van der Waals surface area contributed by atoms with Crippen molar-refractivity contribution in [1.29, 1.82) is 0 Å². The van der Waals surface area contributed by atoms with Crippen molar-refractivity contribution in [3.05, 3.63) is 0 Å². The monoisotopic (exact) mass is 146 g/mol. The molecular formula is C6H10O4. The van der Waals surface area contributed by atoms with Crippen LogP contribution in [0.3, 0.4) is 0 Å². The fraction of sp³-hybridized carbons (Fsp3) is 0.667. The van der Waals surface area contributed by atoms with Crippen molar-refractivity contribution in [3.8, 4) is 0 Å². The van der Waals surface area contributed by atoms with Crippen molar-refractivity contribution < 1.29 is 19.8 Å². The second-order valence-corrected chi connectivity index (χ2v) is 1.83. The number of Topliss-reactive ketones (excluding diaryl/α,β-unsaturated/α-hetero) is 2. The van der Waals surface area contributed by atoms with Crippen LogP contribution in [0.5, 0.6) is 0 Å². The zero-order valence-corrected chi connectivity index (χ0v) is 5.54. The van der Waals surface area contributed by atoms with Gasteiger partial charge in [0.2, 0.25) is 11.6 Å². The Labute approximate surface area is 58.5 Å². The first kappa shape index (κ1) is 9.26. The molecule has 0 aromatic carbocycles. The molecular weight excluding hydrogens is 136 g/mol. The van der Waals surface area contributed by atoms with Crippen LogP contribution >= 0.6 is 0 Å². The van der Waals surface area contributed by atoms with Gasteiger partial charge in [0.15, 0.2) is 0 Å². The molecule has 0 aliphatic carbocycles. The van der Waals surface area contributed by atoms with Crippen LogP contribution in [-0.2, 0) is 9.59 Å². The summed E-state index contributed by atoms with van der Waals surface area (Å²) in [6.45, 7) is -0.839. The first-order valence-electron chi connectivity index (χ1n) is 3.00. The van der Waals surface area contributed by atoms with E-state index < -0.39 is 18.2 Å². The van der Waals surface area contributed by atoms with Gasteiger partial charge < -0.3 is 10.2 Å². The highest BCUT2D eigenvalue weighted by Gasteiger charge is 2.10. The summed E-state index contributed by atoms with van der Waals surface area (Å²) in [5.41, 5.74) is 0. The normalized spacial score (nSPS) is 9.40. The quantitative estimate of drug-likeness (QED) is 0.482. The largest absolute Gasteiger partial charge is 0.396 e. The lowest BCUT2D eigenvalue weighted by molar-refractivity contribution is -0.138. The number of aliphatic hydroxyl groups is 2. The Morgan fingerprint density at radius 3 is 2.10 bits per heavy atom. The third-order valence-electron chi connectivity index (χ3n) is 1.02. The molecule has 0 saturated heterocycles. The molecule has 0 atom stereocenters. The van der Waals surface area contributed by atoms with E-state index in [9.17, 15) is 9.59 Å². The molecule has 0 spiro atoms. The number of hydrogen-bond acceptors (Lipinski definition) is 4. The van der Waals surface area contributed by atoms with E-state index in [4.69, 9.17) is 10.2 Å². The molecule has 0 unspecified atom stereocenters. The standard InChI is InChI=1S/C6H10O4/c7-3-1-2-5(9)6(10)4-8/h7-8H,1-4H2. The second-order valence-electron chi connectivity index (χ2n) is 1.83. The highest BCUT2D eigenvalue weighted by Crippen LogP contribution is 1.89. The predicted molar refractivity (Wildman–Crippen MR) is 33.4 cm³/mol. The number of ketones is 2. The van der Waals surface area contributed by atoms with E-state index in [1.165, 1.54) is 0 Å². The molecule has 10 heavy (non-hydrogen) atoms. The molecule has 2 N–H and O–H groups in total. The van der Waals surface area contributed by atoms with E-state index in [-0.39, 0.29) is 19.4 Å². The summed E-state index contributed by atoms with van der Waals surface area (Å²) in [4.78, 5) is 20.8. The summed E-state index contributed by atoms with van der Waals surface area (Å²) in [5, 5.41) is 16.4. The van der Waals surface area contributed by atoms with Gasteiger partial charge in [-0.05, 0) is 6.42 Å². The van der Waals surface area contributed by atoms with Crippen LogP contribution in [0.4, 0.5) is 0 Å². The average molecular weight is 146 g/mol. The van der Waals surface area contributed by atoms with Gasteiger partial charge in [-0.3, -0.25) is 9.59 Å². The molecule has 0 heterocycles. The number of rotatable bonds is 5. The number of hydrogen-bond donors (Lipinski definition) is 2. The summed E-state index contributed by atoms with van der Waals surface area (Å²) in [6, 6.07) is 0. The summed E-state index contributed by atoms with van der Waals surface area (Å²) < 4.78 is 0. The molecule has 0 rings (SSSR count). The highest BCUT2D eigenvalue weighted by molar-refractivity contribution is 6.37. The van der Waals surface area contributed by atoms with E-state index in [0.717, 1.165) is 0 Å². The minimum absolute atomic E-state index is 0.0237. The second kappa shape index (κ2) is 5.08. The van der Waals surface area contributed by atoms with Crippen molar-refractivity contribution in [2.45, 2.75) is 12.8 Å². The molecule has 0 aromatic rings. The molecule has 0 bridgehead atoms. The molecule has 0 aliphatic heterocycles. The summed E-state index contributed by atoms with van der Waals surface area (Å²) >= 11 is 0. The lowest BCUT2D eigenvalue weighted by Crippen LogP contribution is -2.17. The van der Waals surface area contributed by atoms with Crippen molar-refractivity contribution in [3.63, 3.8) is 0 Å². The van der Waals surface area contributed by atoms with Crippen molar-refractivity contribution in [2.75, 3.05) is 13.2 Å². The molecule has 0 fully saturated rings. The van der Waals surface area contributed by atoms with Gasteiger partial charge >= 0.3 is 0 Å². The van der Waals surface area contributed by atoms with E-state index in [1.54, 1.807) is 0 Å². The van der Waals surface area contributed by atoms with Gasteiger partial charge in [-0.25, -0.2) is 0 Å². The molecule has 4 nitrogen and oxygen atoms in total. The Bertz CT molecular complexity index is 130. The van der Waals surface area contributed by atoms with E-state index in [2.05, 4.69) is 0 Å². The highest BCUT2D eigenvalue weighted by atomic mass is 16.3. The zero-order valence-electron chi connectivity index (χ0n) is 5.54. The van der Waals surface area contributed by atoms with E-state index in [1.807, 2.05) is 0 Å². The van der Waals surface area contributed by atoms with Crippen LogP contribution < -0.4 is 0 Å². The molecule has 58 valence electrons. The summed E-state index contributed by atoms with van der Waals surface area (Å²) in [5.74, 6) is -1.40. The number of carbonyl (C=O) groups excluding carboxylic acids is 2. The lowest BCUT2D eigenvalue weighted by atomic mass is 10.2. The van der Waals surface area contributed by atoms with Crippen molar-refractivity contribution in [1.82, 2.24) is 0 Å². The summed E-state index contributed by atoms with van der Waals surface area (Å²) in [6.07, 6.45) is 0.306. The molecule has 4 heteroatoms. The maximum absolute atomic E-state index is 10.5. The molecule has 0 amide bonds. The Balaban J connectivity index is 3.52. The van der Waals surface area contributed by atoms with E-state index in [0.29, 0.717) is 0 Å². The molecule has 0 aliphatic rings. The fourth-order valence-corrected chi connectivity index (χ4v) is 0.467. The van der Waals surface area contributed by atoms with Crippen LogP contribution in [0, 0.1) is 0 Å². The first-order valence-corrected chi connectivity index (χ1v) is 3.00. The van der Waals surface area contributed by atoms with Gasteiger partial charge in [0.1, 0.15) is 6.61 Å². The van der Waals surface area contributed by atoms with Crippen LogP contribution in [-0.4, -0.2) is 35.0 Å². The van der Waals surface area contributed by atoms with E-state index >= 15 is 0 Å². The third-order valence-corrected chi connectivity index (χ3v) is 1.02. The van der Waals surface area contributed by atoms with Crippen LogP contribution in [0.1, 0.15) is 12.8 Å².